The van der Waals surface area contributed by atoms with Crippen molar-refractivity contribution in [2.24, 2.45) is 0 Å². The molecule has 17 heteroatoms. The first kappa shape index (κ1) is 43.7. The molecule has 0 amide bonds. The molecule has 0 saturated carbocycles. The molecule has 0 aliphatic carbocycles. The summed E-state index contributed by atoms with van der Waals surface area (Å²) in [5.74, 6) is 0.933. The molecule has 2 fully saturated rings. The van der Waals surface area contributed by atoms with E-state index in [-0.39, 0.29) is 0 Å². The van der Waals surface area contributed by atoms with Crippen LogP contribution in [0.4, 0.5) is 16.1 Å². The SMILES string of the molecule is C1Cc2nc(N3CCOCC3)sc2CN1.Cc1cnc(-c2cc(Cl)ncc2Cl)c(C)c1.Cc1cnc(-c2cc(N3CCc4nc(N5CCOCC5)sc4C3)ncc2Cl)c(C)c1. The molecular formula is C44H49Cl3N10O2S2. The van der Waals surface area contributed by atoms with Gasteiger partial charge in [-0.15, -0.1) is 11.3 Å². The summed E-state index contributed by atoms with van der Waals surface area (Å²) >= 11 is 22.1. The lowest BCUT2D eigenvalue weighted by Gasteiger charge is -2.27. The lowest BCUT2D eigenvalue weighted by molar-refractivity contribution is 0.122. The number of aromatic nitrogens is 6. The third kappa shape index (κ3) is 10.6. The standard InChI is InChI=1S/C22H24ClN5OS.C12H10Cl2N2.C10H15N3OS/c1-14-9-15(2)21(25-11-14)16-10-20(24-12-17(16)23)28-4-3-18-19(13-28)30-22(26-18)27-5-7-29-8-6-27;1-7-3-8(2)12(16-5-7)9-4-11(14)15-6-10(9)13;1-2-11-7-9-8(1)12-10(15-9)13-3-5-14-6-4-13/h9-12H,3-8,13H2,1-2H3;3-6H,1-2H3;11H,1-7H2. The second-order valence-electron chi connectivity index (χ2n) is 15.4. The summed E-state index contributed by atoms with van der Waals surface area (Å²) in [6.07, 6.45) is 8.99. The summed E-state index contributed by atoms with van der Waals surface area (Å²) < 4.78 is 10.8. The lowest BCUT2D eigenvalue weighted by Crippen LogP contribution is -2.36. The van der Waals surface area contributed by atoms with E-state index in [0.717, 1.165) is 147 Å². The van der Waals surface area contributed by atoms with E-state index >= 15 is 0 Å². The molecule has 10 rings (SSSR count). The number of rotatable bonds is 5. The minimum absolute atomic E-state index is 0.418. The number of halogens is 3. The summed E-state index contributed by atoms with van der Waals surface area (Å²) in [6.45, 7) is 19.0. The van der Waals surface area contributed by atoms with Crippen molar-refractivity contribution in [1.29, 1.82) is 0 Å². The van der Waals surface area contributed by atoms with Gasteiger partial charge in [0.1, 0.15) is 11.0 Å². The summed E-state index contributed by atoms with van der Waals surface area (Å²) in [6, 6.07) is 8.00. The molecule has 320 valence electrons. The van der Waals surface area contributed by atoms with Crippen molar-refractivity contribution in [2.45, 2.75) is 53.6 Å². The van der Waals surface area contributed by atoms with Crippen LogP contribution in [0, 0.1) is 27.7 Å². The Balaban J connectivity index is 0.000000139. The van der Waals surface area contributed by atoms with E-state index in [4.69, 9.17) is 54.2 Å². The molecule has 0 spiro atoms. The molecule has 4 aliphatic rings. The van der Waals surface area contributed by atoms with Crippen LogP contribution < -0.4 is 20.0 Å². The van der Waals surface area contributed by atoms with Crippen LogP contribution in [-0.4, -0.2) is 95.6 Å². The Bertz CT molecular complexity index is 2450. The maximum atomic E-state index is 6.51. The van der Waals surface area contributed by atoms with Crippen LogP contribution in [0.25, 0.3) is 22.5 Å². The van der Waals surface area contributed by atoms with Gasteiger partial charge >= 0.3 is 0 Å². The van der Waals surface area contributed by atoms with Gasteiger partial charge in [-0.3, -0.25) is 9.97 Å². The highest BCUT2D eigenvalue weighted by Gasteiger charge is 2.26. The van der Waals surface area contributed by atoms with E-state index < -0.39 is 0 Å². The maximum Gasteiger partial charge on any atom is 0.186 e. The first-order valence-corrected chi connectivity index (χ1v) is 23.3. The van der Waals surface area contributed by atoms with Gasteiger partial charge in [0, 0.05) is 104 Å². The first-order valence-electron chi connectivity index (χ1n) is 20.5. The number of fused-ring (bicyclic) bond motifs is 2. The van der Waals surface area contributed by atoms with Gasteiger partial charge in [-0.05, 0) is 62.1 Å². The molecule has 10 heterocycles. The summed E-state index contributed by atoms with van der Waals surface area (Å²) in [5.41, 5.74) is 10.5. The van der Waals surface area contributed by atoms with Crippen molar-refractivity contribution in [3.63, 3.8) is 0 Å². The zero-order chi connectivity index (χ0) is 42.5. The number of hydrogen-bond acceptors (Lipinski definition) is 14. The molecule has 4 aliphatic heterocycles. The smallest absolute Gasteiger partial charge is 0.186 e. The fourth-order valence-electron chi connectivity index (χ4n) is 7.64. The molecule has 6 aromatic rings. The summed E-state index contributed by atoms with van der Waals surface area (Å²) in [5, 5.41) is 7.30. The van der Waals surface area contributed by atoms with Gasteiger partial charge in [0.2, 0.25) is 0 Å². The molecule has 2 saturated heterocycles. The van der Waals surface area contributed by atoms with Crippen molar-refractivity contribution < 1.29 is 9.47 Å². The van der Waals surface area contributed by atoms with Crippen LogP contribution in [-0.2, 0) is 35.4 Å². The van der Waals surface area contributed by atoms with Crippen LogP contribution in [0.1, 0.15) is 43.4 Å². The molecule has 1 N–H and O–H groups in total. The Labute approximate surface area is 380 Å². The van der Waals surface area contributed by atoms with Crippen molar-refractivity contribution >= 4 is 73.6 Å². The molecule has 6 aromatic heterocycles. The molecule has 0 unspecified atom stereocenters. The number of ether oxygens (including phenoxy) is 2. The normalized spacial score (nSPS) is 16.2. The molecule has 0 bridgehead atoms. The quantitative estimate of drug-likeness (QED) is 0.167. The van der Waals surface area contributed by atoms with E-state index in [1.54, 1.807) is 29.8 Å². The largest absolute Gasteiger partial charge is 0.378 e. The second kappa shape index (κ2) is 20.0. The predicted molar refractivity (Wildman–Crippen MR) is 249 cm³/mol. The Kier molecular flexibility index (Phi) is 14.3. The van der Waals surface area contributed by atoms with E-state index in [9.17, 15) is 0 Å². The van der Waals surface area contributed by atoms with E-state index in [0.29, 0.717) is 15.2 Å². The van der Waals surface area contributed by atoms with Gasteiger partial charge in [-0.25, -0.2) is 19.9 Å². The monoisotopic (exact) mass is 918 g/mol. The van der Waals surface area contributed by atoms with E-state index in [2.05, 4.69) is 72.0 Å². The van der Waals surface area contributed by atoms with Crippen molar-refractivity contribution in [3.05, 3.63) is 108 Å². The molecule has 0 radical (unpaired) electrons. The number of thiazole rings is 2. The molecule has 0 atom stereocenters. The van der Waals surface area contributed by atoms with Gasteiger partial charge in [-0.2, -0.15) is 0 Å². The van der Waals surface area contributed by atoms with E-state index in [1.165, 1.54) is 26.3 Å². The molecule has 61 heavy (non-hydrogen) atoms. The minimum Gasteiger partial charge on any atom is -0.378 e. The first-order chi connectivity index (χ1) is 29.6. The fourth-order valence-corrected chi connectivity index (χ4v) is 10.5. The highest BCUT2D eigenvalue weighted by molar-refractivity contribution is 7.16. The molecular weight excluding hydrogens is 871 g/mol. The number of hydrogen-bond donors (Lipinski definition) is 1. The third-order valence-electron chi connectivity index (χ3n) is 10.8. The number of morpholine rings is 2. The van der Waals surface area contributed by atoms with Crippen LogP contribution in [0.2, 0.25) is 15.2 Å². The van der Waals surface area contributed by atoms with Crippen molar-refractivity contribution in [3.8, 4) is 22.5 Å². The average molecular weight is 920 g/mol. The van der Waals surface area contributed by atoms with Gasteiger partial charge in [0.15, 0.2) is 10.3 Å². The van der Waals surface area contributed by atoms with Crippen LogP contribution in [0.15, 0.2) is 49.1 Å². The molecule has 12 nitrogen and oxygen atoms in total. The minimum atomic E-state index is 0.418. The zero-order valence-electron chi connectivity index (χ0n) is 34.8. The van der Waals surface area contributed by atoms with Gasteiger partial charge in [0.05, 0.1) is 65.8 Å². The highest BCUT2D eigenvalue weighted by atomic mass is 35.5. The fraction of sp³-hybridized carbons (Fsp3) is 0.409. The Hall–Kier alpha value is -3.99. The lowest BCUT2D eigenvalue weighted by atomic mass is 10.1. The number of anilines is 3. The Morgan fingerprint density at radius 3 is 1.70 bits per heavy atom. The van der Waals surface area contributed by atoms with E-state index in [1.807, 2.05) is 37.6 Å². The number of aryl methyl sites for hydroxylation is 4. The predicted octanol–water partition coefficient (Wildman–Crippen LogP) is 8.96. The van der Waals surface area contributed by atoms with Crippen LogP contribution in [0.3, 0.4) is 0 Å². The van der Waals surface area contributed by atoms with Gasteiger partial charge in [0.25, 0.3) is 0 Å². The van der Waals surface area contributed by atoms with Gasteiger partial charge in [-0.1, -0.05) is 58.3 Å². The van der Waals surface area contributed by atoms with Crippen LogP contribution >= 0.6 is 57.5 Å². The Morgan fingerprint density at radius 2 is 1.13 bits per heavy atom. The average Bonchev–Trinajstić information content (AvgIpc) is 3.91. The zero-order valence-corrected chi connectivity index (χ0v) is 38.7. The third-order valence-corrected chi connectivity index (χ3v) is 13.9. The number of pyridine rings is 4. The highest BCUT2D eigenvalue weighted by Crippen LogP contribution is 2.36. The van der Waals surface area contributed by atoms with Crippen molar-refractivity contribution in [1.82, 2.24) is 35.2 Å². The Morgan fingerprint density at radius 1 is 0.590 bits per heavy atom. The topological polar surface area (TPSA) is 118 Å². The second-order valence-corrected chi connectivity index (χ2v) is 18.7. The summed E-state index contributed by atoms with van der Waals surface area (Å²) in [4.78, 5) is 36.9. The maximum absolute atomic E-state index is 6.51. The molecule has 0 aromatic carbocycles. The van der Waals surface area contributed by atoms with Crippen molar-refractivity contribution in [2.75, 3.05) is 80.4 Å². The number of nitrogens with zero attached hydrogens (tertiary/aromatic N) is 9. The van der Waals surface area contributed by atoms with Gasteiger partial charge < -0.3 is 29.5 Å². The van der Waals surface area contributed by atoms with Crippen LogP contribution in [0.5, 0.6) is 0 Å². The summed E-state index contributed by atoms with van der Waals surface area (Å²) in [7, 11) is 0. The number of nitrogens with one attached hydrogen (secondary N) is 1.